The van der Waals surface area contributed by atoms with Crippen molar-refractivity contribution in [3.8, 4) is 0 Å². The van der Waals surface area contributed by atoms with E-state index in [1.165, 1.54) is 39.9 Å². The number of hydrogen-bond acceptors (Lipinski definition) is 5. The molecule has 2 aliphatic rings. The van der Waals surface area contributed by atoms with E-state index in [0.717, 1.165) is 42.5 Å². The standard InChI is InChI=1S/C22H26ClN3O4S2/c23-15-8-10-16(11-9-15)32(29,30)26-12-4-5-14(13-26)21(28)25-22-19(20(24)27)17-6-2-1-3-7-18(17)31-22/h8-11,14H,1-7,12-13H2,(H2,24,27)(H,25,28). The Morgan fingerprint density at radius 3 is 2.53 bits per heavy atom. The van der Waals surface area contributed by atoms with Crippen molar-refractivity contribution < 1.29 is 18.0 Å². The lowest BCUT2D eigenvalue weighted by Gasteiger charge is -2.31. The predicted octanol–water partition coefficient (Wildman–Crippen LogP) is 3.81. The number of nitrogens with two attached hydrogens (primary N) is 1. The summed E-state index contributed by atoms with van der Waals surface area (Å²) in [5.41, 5.74) is 7.04. The maximum Gasteiger partial charge on any atom is 0.251 e. The first-order valence-corrected chi connectivity index (χ1v) is 13.4. The van der Waals surface area contributed by atoms with Gasteiger partial charge in [-0.05, 0) is 68.4 Å². The van der Waals surface area contributed by atoms with Crippen LogP contribution in [0.5, 0.6) is 0 Å². The quantitative estimate of drug-likeness (QED) is 0.614. The van der Waals surface area contributed by atoms with E-state index in [9.17, 15) is 18.0 Å². The van der Waals surface area contributed by atoms with E-state index in [0.29, 0.717) is 35.0 Å². The van der Waals surface area contributed by atoms with E-state index in [2.05, 4.69) is 5.32 Å². The summed E-state index contributed by atoms with van der Waals surface area (Å²) in [5, 5.41) is 3.85. The number of sulfonamides is 1. The van der Waals surface area contributed by atoms with E-state index in [4.69, 9.17) is 17.3 Å². The van der Waals surface area contributed by atoms with Gasteiger partial charge in [-0.3, -0.25) is 9.59 Å². The van der Waals surface area contributed by atoms with Crippen molar-refractivity contribution >= 4 is 49.8 Å². The van der Waals surface area contributed by atoms with Crippen LogP contribution in [0.3, 0.4) is 0 Å². The minimum Gasteiger partial charge on any atom is -0.365 e. The first kappa shape index (κ1) is 23.2. The lowest BCUT2D eigenvalue weighted by atomic mass is 9.98. The normalized spacial score (nSPS) is 19.7. The maximum atomic E-state index is 13.1. The van der Waals surface area contributed by atoms with Crippen molar-refractivity contribution in [2.24, 2.45) is 11.7 Å². The molecule has 0 saturated carbocycles. The summed E-state index contributed by atoms with van der Waals surface area (Å²) in [4.78, 5) is 26.5. The second-order valence-corrected chi connectivity index (χ2v) is 11.8. The van der Waals surface area contributed by atoms with Gasteiger partial charge in [0, 0.05) is 23.0 Å². The minimum absolute atomic E-state index is 0.0911. The second-order valence-electron chi connectivity index (χ2n) is 8.28. The molecule has 2 aromatic rings. The van der Waals surface area contributed by atoms with Crippen molar-refractivity contribution in [3.05, 3.63) is 45.3 Å². The molecule has 7 nitrogen and oxygen atoms in total. The fourth-order valence-corrected chi connectivity index (χ4v) is 7.38. The number of fused-ring (bicyclic) bond motifs is 1. The summed E-state index contributed by atoms with van der Waals surface area (Å²) >= 11 is 7.30. The lowest BCUT2D eigenvalue weighted by molar-refractivity contribution is -0.120. The minimum atomic E-state index is -3.72. The predicted molar refractivity (Wildman–Crippen MR) is 126 cm³/mol. The summed E-state index contributed by atoms with van der Waals surface area (Å²) < 4.78 is 27.4. The number of aryl methyl sites for hydroxylation is 1. The molecule has 1 unspecified atom stereocenters. The molecule has 32 heavy (non-hydrogen) atoms. The molecule has 0 bridgehead atoms. The third-order valence-electron chi connectivity index (χ3n) is 6.11. The zero-order valence-corrected chi connectivity index (χ0v) is 20.0. The van der Waals surface area contributed by atoms with Gasteiger partial charge in [-0.1, -0.05) is 18.0 Å². The molecule has 0 spiro atoms. The lowest BCUT2D eigenvalue weighted by Crippen LogP contribution is -2.43. The Labute approximate surface area is 197 Å². The fourth-order valence-electron chi connectivity index (χ4n) is 4.44. The Morgan fingerprint density at radius 2 is 1.81 bits per heavy atom. The molecule has 1 atom stereocenters. The summed E-state index contributed by atoms with van der Waals surface area (Å²) in [5.74, 6) is -1.32. The molecule has 10 heteroatoms. The van der Waals surface area contributed by atoms with Crippen molar-refractivity contribution in [2.75, 3.05) is 18.4 Å². The number of halogens is 1. The number of carbonyl (C=O) groups excluding carboxylic acids is 2. The molecule has 1 aliphatic heterocycles. The molecular formula is C22H26ClN3O4S2. The molecule has 1 aliphatic carbocycles. The zero-order chi connectivity index (χ0) is 22.9. The monoisotopic (exact) mass is 495 g/mol. The van der Waals surface area contributed by atoms with Gasteiger partial charge in [0.2, 0.25) is 15.9 Å². The Balaban J connectivity index is 1.52. The molecule has 1 aromatic carbocycles. The van der Waals surface area contributed by atoms with Crippen LogP contribution in [-0.2, 0) is 27.7 Å². The van der Waals surface area contributed by atoms with Crippen LogP contribution in [0, 0.1) is 5.92 Å². The third-order valence-corrected chi connectivity index (χ3v) is 9.45. The first-order valence-electron chi connectivity index (χ1n) is 10.8. The Hall–Kier alpha value is -1.94. The van der Waals surface area contributed by atoms with Gasteiger partial charge in [0.1, 0.15) is 5.00 Å². The molecule has 2 amide bonds. The Bertz CT molecular complexity index is 1130. The molecule has 0 radical (unpaired) electrons. The number of nitrogens with one attached hydrogen (secondary N) is 1. The zero-order valence-electron chi connectivity index (χ0n) is 17.6. The van der Waals surface area contributed by atoms with Crippen LogP contribution in [0.25, 0.3) is 0 Å². The van der Waals surface area contributed by atoms with E-state index in [1.807, 2.05) is 0 Å². The number of carbonyl (C=O) groups is 2. The smallest absolute Gasteiger partial charge is 0.251 e. The largest absolute Gasteiger partial charge is 0.365 e. The van der Waals surface area contributed by atoms with Gasteiger partial charge in [-0.25, -0.2) is 8.42 Å². The molecule has 1 saturated heterocycles. The number of thiophene rings is 1. The van der Waals surface area contributed by atoms with E-state index < -0.39 is 21.8 Å². The van der Waals surface area contributed by atoms with Crippen molar-refractivity contribution in [1.29, 1.82) is 0 Å². The second kappa shape index (κ2) is 9.51. The number of anilines is 1. The average Bonchev–Trinajstić information content (AvgIpc) is 2.95. The molecule has 2 heterocycles. The van der Waals surface area contributed by atoms with Crippen LogP contribution in [0.15, 0.2) is 29.2 Å². The summed E-state index contributed by atoms with van der Waals surface area (Å²) in [7, 11) is -3.72. The van der Waals surface area contributed by atoms with Crippen LogP contribution in [0.1, 0.15) is 52.9 Å². The van der Waals surface area contributed by atoms with Gasteiger partial charge in [0.05, 0.1) is 16.4 Å². The van der Waals surface area contributed by atoms with Gasteiger partial charge in [0.25, 0.3) is 5.91 Å². The highest BCUT2D eigenvalue weighted by Crippen LogP contribution is 2.38. The number of primary amides is 1. The molecule has 1 aromatic heterocycles. The Kier molecular flexibility index (Phi) is 6.90. The number of benzene rings is 1. The number of nitrogens with zero attached hydrogens (tertiary/aromatic N) is 1. The van der Waals surface area contributed by atoms with Gasteiger partial charge in [-0.15, -0.1) is 11.3 Å². The van der Waals surface area contributed by atoms with E-state index >= 15 is 0 Å². The summed E-state index contributed by atoms with van der Waals surface area (Å²) in [6.07, 6.45) is 5.99. The number of piperidine rings is 1. The molecular weight excluding hydrogens is 470 g/mol. The third kappa shape index (κ3) is 4.71. The van der Waals surface area contributed by atoms with Crippen LogP contribution >= 0.6 is 22.9 Å². The van der Waals surface area contributed by atoms with Crippen LogP contribution in [0.2, 0.25) is 5.02 Å². The van der Waals surface area contributed by atoms with Crippen LogP contribution in [-0.4, -0.2) is 37.6 Å². The average molecular weight is 496 g/mol. The first-order chi connectivity index (χ1) is 15.3. The highest BCUT2D eigenvalue weighted by atomic mass is 35.5. The topological polar surface area (TPSA) is 110 Å². The molecule has 3 N–H and O–H groups in total. The van der Waals surface area contributed by atoms with Crippen molar-refractivity contribution in [2.45, 2.75) is 49.8 Å². The van der Waals surface area contributed by atoms with Gasteiger partial charge in [0.15, 0.2) is 0 Å². The fraction of sp³-hybridized carbons (Fsp3) is 0.455. The SMILES string of the molecule is NC(=O)c1c(NC(=O)C2CCCN(S(=O)(=O)c3ccc(Cl)cc3)C2)sc2c1CCCCC2. The molecule has 1 fully saturated rings. The van der Waals surface area contributed by atoms with Gasteiger partial charge >= 0.3 is 0 Å². The van der Waals surface area contributed by atoms with Gasteiger partial charge < -0.3 is 11.1 Å². The van der Waals surface area contributed by atoms with Crippen molar-refractivity contribution in [1.82, 2.24) is 4.31 Å². The number of hydrogen-bond donors (Lipinski definition) is 2. The van der Waals surface area contributed by atoms with E-state index in [1.54, 1.807) is 0 Å². The van der Waals surface area contributed by atoms with E-state index in [-0.39, 0.29) is 17.3 Å². The van der Waals surface area contributed by atoms with Gasteiger partial charge in [-0.2, -0.15) is 4.31 Å². The van der Waals surface area contributed by atoms with Crippen LogP contribution < -0.4 is 11.1 Å². The number of amides is 2. The Morgan fingerprint density at radius 1 is 1.09 bits per heavy atom. The van der Waals surface area contributed by atoms with Crippen molar-refractivity contribution in [3.63, 3.8) is 0 Å². The molecule has 4 rings (SSSR count). The number of rotatable bonds is 5. The highest BCUT2D eigenvalue weighted by Gasteiger charge is 2.34. The van der Waals surface area contributed by atoms with Crippen LogP contribution in [0.4, 0.5) is 5.00 Å². The highest BCUT2D eigenvalue weighted by molar-refractivity contribution is 7.89. The summed E-state index contributed by atoms with van der Waals surface area (Å²) in [6, 6.07) is 6.02. The maximum absolute atomic E-state index is 13.1. The molecule has 172 valence electrons. The summed E-state index contributed by atoms with van der Waals surface area (Å²) in [6.45, 7) is 0.447.